The van der Waals surface area contributed by atoms with Crippen LogP contribution < -0.4 is 0 Å². The number of hydrogen-bond donors (Lipinski definition) is 0. The van der Waals surface area contributed by atoms with Crippen molar-refractivity contribution < 1.29 is 19.1 Å². The highest BCUT2D eigenvalue weighted by molar-refractivity contribution is 5.94. The first-order valence-corrected chi connectivity index (χ1v) is 7.60. The molecule has 2 rings (SSSR count). The molecular weight excluding hydrogens is 282 g/mol. The normalized spacial score (nSPS) is 14.5. The van der Waals surface area contributed by atoms with Crippen molar-refractivity contribution in [1.29, 1.82) is 0 Å². The van der Waals surface area contributed by atoms with Gasteiger partial charge in [-0.1, -0.05) is 24.3 Å². The van der Waals surface area contributed by atoms with Crippen molar-refractivity contribution in [2.75, 3.05) is 27.3 Å². The van der Waals surface area contributed by atoms with Crippen LogP contribution >= 0.6 is 0 Å². The summed E-state index contributed by atoms with van der Waals surface area (Å²) in [5.41, 5.74) is 2.78. The van der Waals surface area contributed by atoms with E-state index in [1.807, 2.05) is 0 Å². The summed E-state index contributed by atoms with van der Waals surface area (Å²) in [6, 6.07) is 8.48. The first-order valence-electron chi connectivity index (χ1n) is 7.60. The van der Waals surface area contributed by atoms with Crippen LogP contribution in [0.1, 0.15) is 24.0 Å². The van der Waals surface area contributed by atoms with E-state index in [-0.39, 0.29) is 0 Å². The van der Waals surface area contributed by atoms with Gasteiger partial charge in [0.25, 0.3) is 0 Å². The molecule has 0 fully saturated rings. The molecule has 0 bridgehead atoms. The SMILES string of the molecule is COC(=O)C(CCCN1CCc2ccccc2C1)C(=O)OC. The number of esters is 2. The third-order valence-electron chi connectivity index (χ3n) is 4.15. The number of ether oxygens (including phenoxy) is 2. The van der Waals surface area contributed by atoms with Crippen LogP contribution in [0.3, 0.4) is 0 Å². The minimum absolute atomic E-state index is 0.456. The van der Waals surface area contributed by atoms with Gasteiger partial charge in [0.15, 0.2) is 5.92 Å². The maximum Gasteiger partial charge on any atom is 0.320 e. The van der Waals surface area contributed by atoms with Gasteiger partial charge in [-0.15, -0.1) is 0 Å². The minimum Gasteiger partial charge on any atom is -0.468 e. The summed E-state index contributed by atoms with van der Waals surface area (Å²) in [6.45, 7) is 2.80. The summed E-state index contributed by atoms with van der Waals surface area (Å²) in [6.07, 6.45) is 2.27. The van der Waals surface area contributed by atoms with Gasteiger partial charge in [0.1, 0.15) is 0 Å². The van der Waals surface area contributed by atoms with E-state index in [1.54, 1.807) is 0 Å². The molecule has 0 saturated carbocycles. The highest BCUT2D eigenvalue weighted by Gasteiger charge is 2.28. The number of carbonyl (C=O) groups excluding carboxylic acids is 2. The van der Waals surface area contributed by atoms with E-state index in [9.17, 15) is 9.59 Å². The lowest BCUT2D eigenvalue weighted by Gasteiger charge is -2.28. The largest absolute Gasteiger partial charge is 0.468 e. The van der Waals surface area contributed by atoms with Crippen LogP contribution in [-0.4, -0.2) is 44.1 Å². The van der Waals surface area contributed by atoms with Crippen LogP contribution in [0.2, 0.25) is 0 Å². The average molecular weight is 305 g/mol. The van der Waals surface area contributed by atoms with Gasteiger partial charge in [0.05, 0.1) is 14.2 Å². The van der Waals surface area contributed by atoms with Gasteiger partial charge < -0.3 is 9.47 Å². The summed E-state index contributed by atoms with van der Waals surface area (Å²) >= 11 is 0. The molecule has 0 N–H and O–H groups in total. The number of benzene rings is 1. The molecular formula is C17H23NO4. The summed E-state index contributed by atoms with van der Waals surface area (Å²) in [5.74, 6) is -1.85. The number of carbonyl (C=O) groups is 2. The number of hydrogen-bond acceptors (Lipinski definition) is 5. The van der Waals surface area contributed by atoms with Gasteiger partial charge in [0.2, 0.25) is 0 Å². The topological polar surface area (TPSA) is 55.8 Å². The van der Waals surface area contributed by atoms with Crippen LogP contribution in [-0.2, 0) is 32.0 Å². The Hall–Kier alpha value is -1.88. The molecule has 1 aliphatic rings. The minimum atomic E-state index is -0.813. The maximum absolute atomic E-state index is 11.6. The van der Waals surface area contributed by atoms with Crippen molar-refractivity contribution in [2.24, 2.45) is 5.92 Å². The van der Waals surface area contributed by atoms with Crippen LogP contribution in [0.5, 0.6) is 0 Å². The zero-order chi connectivity index (χ0) is 15.9. The quantitative estimate of drug-likeness (QED) is 0.592. The van der Waals surface area contributed by atoms with Gasteiger partial charge >= 0.3 is 11.9 Å². The van der Waals surface area contributed by atoms with E-state index in [4.69, 9.17) is 0 Å². The summed E-state index contributed by atoms with van der Waals surface area (Å²) in [5, 5.41) is 0. The van der Waals surface area contributed by atoms with Crippen molar-refractivity contribution in [2.45, 2.75) is 25.8 Å². The Morgan fingerprint density at radius 2 is 1.77 bits per heavy atom. The number of methoxy groups -OCH3 is 2. The summed E-state index contributed by atoms with van der Waals surface area (Å²) in [4.78, 5) is 25.6. The lowest BCUT2D eigenvalue weighted by molar-refractivity contribution is -0.159. The summed E-state index contributed by atoms with van der Waals surface area (Å²) < 4.78 is 9.34. The van der Waals surface area contributed by atoms with Crippen molar-refractivity contribution in [3.8, 4) is 0 Å². The van der Waals surface area contributed by atoms with E-state index >= 15 is 0 Å². The summed E-state index contributed by atoms with van der Waals surface area (Å²) in [7, 11) is 2.58. The Kier molecular flexibility index (Phi) is 5.95. The van der Waals surface area contributed by atoms with Gasteiger partial charge in [-0.2, -0.15) is 0 Å². The lowest BCUT2D eigenvalue weighted by Crippen LogP contribution is -2.32. The van der Waals surface area contributed by atoms with Gasteiger partial charge in [-0.3, -0.25) is 14.5 Å². The molecule has 0 saturated heterocycles. The zero-order valence-corrected chi connectivity index (χ0v) is 13.2. The third kappa shape index (κ3) is 4.07. The highest BCUT2D eigenvalue weighted by Crippen LogP contribution is 2.19. The molecule has 0 spiro atoms. The molecule has 0 radical (unpaired) electrons. The number of nitrogens with zero attached hydrogens (tertiary/aromatic N) is 1. The standard InChI is InChI=1S/C17H23NO4/c1-21-16(19)15(17(20)22-2)8-5-10-18-11-9-13-6-3-4-7-14(13)12-18/h3-4,6-7,15H,5,8-12H2,1-2H3. The second kappa shape index (κ2) is 7.94. The molecule has 0 unspecified atom stereocenters. The highest BCUT2D eigenvalue weighted by atomic mass is 16.5. The Morgan fingerprint density at radius 3 is 2.41 bits per heavy atom. The Morgan fingerprint density at radius 1 is 1.14 bits per heavy atom. The van der Waals surface area contributed by atoms with Crippen molar-refractivity contribution in [3.63, 3.8) is 0 Å². The molecule has 1 aliphatic heterocycles. The fourth-order valence-corrected chi connectivity index (χ4v) is 2.88. The van der Waals surface area contributed by atoms with E-state index in [0.717, 1.165) is 32.5 Å². The Bertz CT molecular complexity index is 513. The molecule has 0 atom stereocenters. The van der Waals surface area contributed by atoms with E-state index in [2.05, 4.69) is 38.6 Å². The zero-order valence-electron chi connectivity index (χ0n) is 13.2. The van der Waals surface area contributed by atoms with E-state index < -0.39 is 17.9 Å². The van der Waals surface area contributed by atoms with Crippen LogP contribution in [0.15, 0.2) is 24.3 Å². The molecule has 1 aromatic carbocycles. The Balaban J connectivity index is 1.83. The predicted octanol–water partition coefficient (Wildman–Crippen LogP) is 1.79. The first-order chi connectivity index (χ1) is 10.7. The van der Waals surface area contributed by atoms with Crippen LogP contribution in [0, 0.1) is 5.92 Å². The average Bonchev–Trinajstić information content (AvgIpc) is 2.57. The molecule has 0 amide bonds. The fraction of sp³-hybridized carbons (Fsp3) is 0.529. The van der Waals surface area contributed by atoms with E-state index in [0.29, 0.717) is 6.42 Å². The van der Waals surface area contributed by atoms with Crippen molar-refractivity contribution >= 4 is 11.9 Å². The lowest BCUT2D eigenvalue weighted by atomic mass is 9.99. The number of rotatable bonds is 6. The molecule has 1 aromatic rings. The van der Waals surface area contributed by atoms with Gasteiger partial charge in [-0.05, 0) is 36.9 Å². The van der Waals surface area contributed by atoms with E-state index in [1.165, 1.54) is 25.3 Å². The van der Waals surface area contributed by atoms with Crippen molar-refractivity contribution in [1.82, 2.24) is 4.90 Å². The fourth-order valence-electron chi connectivity index (χ4n) is 2.88. The second-order valence-corrected chi connectivity index (χ2v) is 5.54. The molecule has 1 heterocycles. The van der Waals surface area contributed by atoms with Gasteiger partial charge in [0, 0.05) is 13.1 Å². The molecule has 0 aromatic heterocycles. The van der Waals surface area contributed by atoms with Gasteiger partial charge in [-0.25, -0.2) is 0 Å². The monoisotopic (exact) mass is 305 g/mol. The van der Waals surface area contributed by atoms with Crippen molar-refractivity contribution in [3.05, 3.63) is 35.4 Å². The smallest absolute Gasteiger partial charge is 0.320 e. The molecule has 5 heteroatoms. The molecule has 22 heavy (non-hydrogen) atoms. The number of fused-ring (bicyclic) bond motifs is 1. The molecule has 5 nitrogen and oxygen atoms in total. The third-order valence-corrected chi connectivity index (χ3v) is 4.15. The molecule has 0 aliphatic carbocycles. The first kappa shape index (κ1) is 16.5. The molecule has 120 valence electrons. The Labute approximate surface area is 131 Å². The van der Waals surface area contributed by atoms with Crippen LogP contribution in [0.25, 0.3) is 0 Å². The second-order valence-electron chi connectivity index (χ2n) is 5.54. The predicted molar refractivity (Wildman–Crippen MR) is 82.2 cm³/mol. The van der Waals surface area contributed by atoms with Crippen LogP contribution in [0.4, 0.5) is 0 Å². The maximum atomic E-state index is 11.6.